The number of likely N-dealkylation sites (N-methyl/N-ethyl adjacent to an activating group) is 1. The summed E-state index contributed by atoms with van der Waals surface area (Å²) in [6.45, 7) is 1.83. The maximum absolute atomic E-state index is 5.95. The van der Waals surface area contributed by atoms with Crippen molar-refractivity contribution in [2.75, 3.05) is 20.2 Å². The maximum Gasteiger partial charge on any atom is 0.130 e. The SMILES string of the molecule is CN1CCCCC1COc1cc(Br)ccc1C(N)=S. The standard InChI is InChI=1S/C14H19BrN2OS/c1-17-7-3-2-4-11(17)9-18-13-8-10(15)5-6-12(13)14(16)19/h5-6,8,11H,2-4,7,9H2,1H3,(H2,16,19). The van der Waals surface area contributed by atoms with E-state index in [-0.39, 0.29) is 0 Å². The molecule has 5 heteroatoms. The summed E-state index contributed by atoms with van der Waals surface area (Å²) in [5, 5.41) is 0. The van der Waals surface area contributed by atoms with Crippen molar-refractivity contribution >= 4 is 33.1 Å². The van der Waals surface area contributed by atoms with Crippen LogP contribution in [0.2, 0.25) is 0 Å². The van der Waals surface area contributed by atoms with Gasteiger partial charge in [-0.25, -0.2) is 0 Å². The quantitative estimate of drug-likeness (QED) is 0.853. The Bertz CT molecular complexity index is 467. The van der Waals surface area contributed by atoms with Crippen LogP contribution in [0.15, 0.2) is 22.7 Å². The van der Waals surface area contributed by atoms with E-state index in [1.165, 1.54) is 19.3 Å². The highest BCUT2D eigenvalue weighted by atomic mass is 79.9. The number of piperidine rings is 1. The number of nitrogens with zero attached hydrogens (tertiary/aromatic N) is 1. The Morgan fingerprint density at radius 2 is 2.32 bits per heavy atom. The highest BCUT2D eigenvalue weighted by Gasteiger charge is 2.20. The minimum atomic E-state index is 0.375. The molecule has 0 amide bonds. The van der Waals surface area contributed by atoms with E-state index in [4.69, 9.17) is 22.7 Å². The predicted molar refractivity (Wildman–Crippen MR) is 85.8 cm³/mol. The predicted octanol–water partition coefficient (Wildman–Crippen LogP) is 2.95. The lowest BCUT2D eigenvalue weighted by atomic mass is 10.0. The van der Waals surface area contributed by atoms with E-state index in [1.54, 1.807) is 0 Å². The van der Waals surface area contributed by atoms with E-state index >= 15 is 0 Å². The van der Waals surface area contributed by atoms with Crippen LogP contribution >= 0.6 is 28.1 Å². The molecule has 0 saturated carbocycles. The number of ether oxygens (including phenoxy) is 1. The van der Waals surface area contributed by atoms with Gasteiger partial charge in [-0.3, -0.25) is 0 Å². The largest absolute Gasteiger partial charge is 0.491 e. The van der Waals surface area contributed by atoms with Gasteiger partial charge in [0.2, 0.25) is 0 Å². The van der Waals surface area contributed by atoms with Crippen LogP contribution in [-0.2, 0) is 0 Å². The van der Waals surface area contributed by atoms with E-state index < -0.39 is 0 Å². The summed E-state index contributed by atoms with van der Waals surface area (Å²) >= 11 is 8.51. The summed E-state index contributed by atoms with van der Waals surface area (Å²) in [4.78, 5) is 2.74. The summed E-state index contributed by atoms with van der Waals surface area (Å²) in [6, 6.07) is 6.23. The first-order valence-electron chi connectivity index (χ1n) is 6.50. The molecule has 1 atom stereocenters. The van der Waals surface area contributed by atoms with Crippen LogP contribution < -0.4 is 10.5 Å². The molecule has 1 unspecified atom stereocenters. The smallest absolute Gasteiger partial charge is 0.130 e. The van der Waals surface area contributed by atoms with Crippen LogP contribution in [-0.4, -0.2) is 36.1 Å². The molecule has 19 heavy (non-hydrogen) atoms. The fourth-order valence-electron chi connectivity index (χ4n) is 2.36. The van der Waals surface area contributed by atoms with Crippen molar-refractivity contribution in [3.05, 3.63) is 28.2 Å². The number of benzene rings is 1. The van der Waals surface area contributed by atoms with Gasteiger partial charge in [-0.05, 0) is 44.6 Å². The molecule has 1 aliphatic heterocycles. The van der Waals surface area contributed by atoms with Crippen LogP contribution in [0, 0.1) is 0 Å². The summed E-state index contributed by atoms with van der Waals surface area (Å²) in [6.07, 6.45) is 3.74. The Balaban J connectivity index is 2.05. The molecule has 1 heterocycles. The molecule has 2 N–H and O–H groups in total. The van der Waals surface area contributed by atoms with E-state index in [0.717, 1.165) is 22.3 Å². The number of hydrogen-bond donors (Lipinski definition) is 1. The molecule has 1 aromatic carbocycles. The monoisotopic (exact) mass is 342 g/mol. The fourth-order valence-corrected chi connectivity index (χ4v) is 2.87. The molecule has 104 valence electrons. The lowest BCUT2D eigenvalue weighted by Crippen LogP contribution is -2.40. The van der Waals surface area contributed by atoms with Crippen molar-refractivity contribution in [1.82, 2.24) is 4.90 Å². The lowest BCUT2D eigenvalue weighted by molar-refractivity contribution is 0.125. The minimum absolute atomic E-state index is 0.375. The first kappa shape index (κ1) is 14.8. The van der Waals surface area contributed by atoms with Crippen LogP contribution in [0.3, 0.4) is 0 Å². The van der Waals surface area contributed by atoms with Crippen LogP contribution in [0.1, 0.15) is 24.8 Å². The second-order valence-corrected chi connectivity index (χ2v) is 6.30. The van der Waals surface area contributed by atoms with Gasteiger partial charge >= 0.3 is 0 Å². The molecule has 2 rings (SSSR count). The van der Waals surface area contributed by atoms with Crippen molar-refractivity contribution in [2.45, 2.75) is 25.3 Å². The van der Waals surface area contributed by atoms with Crippen LogP contribution in [0.4, 0.5) is 0 Å². The molecular formula is C14H19BrN2OS. The zero-order valence-corrected chi connectivity index (χ0v) is 13.5. The van der Waals surface area contributed by atoms with Crippen LogP contribution in [0.25, 0.3) is 0 Å². The Kier molecular flexibility index (Phi) is 5.19. The first-order chi connectivity index (χ1) is 9.08. The second-order valence-electron chi connectivity index (χ2n) is 4.95. The molecule has 1 fully saturated rings. The first-order valence-corrected chi connectivity index (χ1v) is 7.70. The van der Waals surface area contributed by atoms with E-state index in [2.05, 4.69) is 27.9 Å². The van der Waals surface area contributed by atoms with Gasteiger partial charge in [-0.15, -0.1) is 0 Å². The summed E-state index contributed by atoms with van der Waals surface area (Å²) < 4.78 is 6.92. The van der Waals surface area contributed by atoms with Gasteiger partial charge in [0.1, 0.15) is 17.3 Å². The summed E-state index contributed by atoms with van der Waals surface area (Å²) in [7, 11) is 2.16. The maximum atomic E-state index is 5.95. The Morgan fingerprint density at radius 3 is 3.00 bits per heavy atom. The van der Waals surface area contributed by atoms with Gasteiger partial charge in [0.05, 0.1) is 5.56 Å². The Morgan fingerprint density at radius 1 is 1.53 bits per heavy atom. The number of likely N-dealkylation sites (tertiary alicyclic amines) is 1. The highest BCUT2D eigenvalue weighted by molar-refractivity contribution is 9.10. The molecular weight excluding hydrogens is 324 g/mol. The lowest BCUT2D eigenvalue weighted by Gasteiger charge is -2.32. The average Bonchev–Trinajstić information content (AvgIpc) is 2.37. The molecule has 1 aromatic rings. The van der Waals surface area contributed by atoms with Crippen LogP contribution in [0.5, 0.6) is 5.75 Å². The molecule has 0 spiro atoms. The average molecular weight is 343 g/mol. The molecule has 0 aromatic heterocycles. The van der Waals surface area contributed by atoms with E-state index in [0.29, 0.717) is 17.6 Å². The molecule has 1 aliphatic rings. The third-order valence-electron chi connectivity index (χ3n) is 3.56. The van der Waals surface area contributed by atoms with E-state index in [1.807, 2.05) is 18.2 Å². The number of rotatable bonds is 4. The third-order valence-corrected chi connectivity index (χ3v) is 4.28. The number of thiocarbonyl (C=S) groups is 1. The minimum Gasteiger partial charge on any atom is -0.491 e. The van der Waals surface area contributed by atoms with Gasteiger partial charge in [0, 0.05) is 10.5 Å². The molecule has 1 saturated heterocycles. The normalized spacial score (nSPS) is 20.2. The number of halogens is 1. The van der Waals surface area contributed by atoms with Gasteiger partial charge in [0.25, 0.3) is 0 Å². The summed E-state index contributed by atoms with van der Waals surface area (Å²) in [5.74, 6) is 0.765. The molecule has 0 bridgehead atoms. The topological polar surface area (TPSA) is 38.5 Å². The molecule has 0 aliphatic carbocycles. The van der Waals surface area contributed by atoms with Crippen molar-refractivity contribution in [2.24, 2.45) is 5.73 Å². The van der Waals surface area contributed by atoms with Crippen molar-refractivity contribution in [3.63, 3.8) is 0 Å². The van der Waals surface area contributed by atoms with E-state index in [9.17, 15) is 0 Å². The van der Waals surface area contributed by atoms with Gasteiger partial charge in [0.15, 0.2) is 0 Å². The molecule has 3 nitrogen and oxygen atoms in total. The number of hydrogen-bond acceptors (Lipinski definition) is 3. The van der Waals surface area contributed by atoms with Gasteiger partial charge in [-0.1, -0.05) is 34.6 Å². The van der Waals surface area contributed by atoms with Crippen molar-refractivity contribution < 1.29 is 4.74 Å². The Hall–Kier alpha value is -0.650. The highest BCUT2D eigenvalue weighted by Crippen LogP contribution is 2.25. The van der Waals surface area contributed by atoms with Crippen molar-refractivity contribution in [1.29, 1.82) is 0 Å². The zero-order chi connectivity index (χ0) is 13.8. The van der Waals surface area contributed by atoms with Crippen molar-refractivity contribution in [3.8, 4) is 5.75 Å². The third kappa shape index (κ3) is 3.91. The summed E-state index contributed by atoms with van der Waals surface area (Å²) in [5.41, 5.74) is 6.53. The zero-order valence-electron chi connectivity index (χ0n) is 11.1. The van der Waals surface area contributed by atoms with Gasteiger partial charge in [-0.2, -0.15) is 0 Å². The second kappa shape index (κ2) is 6.68. The van der Waals surface area contributed by atoms with Gasteiger partial charge < -0.3 is 15.4 Å². The molecule has 0 radical (unpaired) electrons. The Labute approximate surface area is 128 Å². The fraction of sp³-hybridized carbons (Fsp3) is 0.500. The number of nitrogens with two attached hydrogens (primary N) is 1.